The zero-order valence-electron chi connectivity index (χ0n) is 11.5. The van der Waals surface area contributed by atoms with Crippen LogP contribution in [0.1, 0.15) is 15.9 Å². The minimum Gasteiger partial charge on any atom is -0.495 e. The molecule has 0 unspecified atom stereocenters. The van der Waals surface area contributed by atoms with Gasteiger partial charge in [-0.15, -0.1) is 0 Å². The highest BCUT2D eigenvalue weighted by Gasteiger charge is 2.11. The number of carboxylic acid groups (broad SMARTS) is 1. The Hall–Kier alpha value is -1.24. The molecule has 2 aromatic rings. The zero-order chi connectivity index (χ0) is 16.3. The maximum absolute atomic E-state index is 11.0. The lowest BCUT2D eigenvalue weighted by molar-refractivity contribution is 0.0697. The molecular weight excluding hydrogens is 437 g/mol. The van der Waals surface area contributed by atoms with E-state index in [1.807, 2.05) is 12.1 Å². The summed E-state index contributed by atoms with van der Waals surface area (Å²) in [5, 5.41) is 12.6. The minimum absolute atomic E-state index is 0.175. The van der Waals surface area contributed by atoms with E-state index < -0.39 is 5.97 Å². The third-order valence-corrected chi connectivity index (χ3v) is 4.35. The fourth-order valence-electron chi connectivity index (χ4n) is 1.96. The van der Waals surface area contributed by atoms with Crippen molar-refractivity contribution < 1.29 is 14.6 Å². The molecule has 0 aromatic heterocycles. The number of hydrogen-bond donors (Lipinski definition) is 2. The first-order chi connectivity index (χ1) is 10.4. The van der Waals surface area contributed by atoms with Crippen LogP contribution in [0.3, 0.4) is 0 Å². The largest absolute Gasteiger partial charge is 0.495 e. The van der Waals surface area contributed by atoms with Gasteiger partial charge in [0.05, 0.1) is 27.9 Å². The summed E-state index contributed by atoms with van der Waals surface area (Å²) in [6, 6.07) is 8.34. The van der Waals surface area contributed by atoms with E-state index in [0.717, 1.165) is 14.5 Å². The van der Waals surface area contributed by atoms with Crippen molar-refractivity contribution in [2.45, 2.75) is 6.54 Å². The predicted molar refractivity (Wildman–Crippen MR) is 94.1 cm³/mol. The SMILES string of the molecule is COc1c(Br)cc(Br)cc1CNc1cc(C(=O)O)ccc1Cl. The minimum atomic E-state index is -0.998. The van der Waals surface area contributed by atoms with Gasteiger partial charge in [0, 0.05) is 16.6 Å². The van der Waals surface area contributed by atoms with Gasteiger partial charge in [0.15, 0.2) is 0 Å². The summed E-state index contributed by atoms with van der Waals surface area (Å²) in [5.74, 6) is -0.288. The van der Waals surface area contributed by atoms with E-state index in [0.29, 0.717) is 23.0 Å². The van der Waals surface area contributed by atoms with E-state index >= 15 is 0 Å². The summed E-state index contributed by atoms with van der Waals surface area (Å²) in [7, 11) is 1.59. The molecule has 22 heavy (non-hydrogen) atoms. The molecule has 0 fully saturated rings. The smallest absolute Gasteiger partial charge is 0.335 e. The average molecular weight is 450 g/mol. The monoisotopic (exact) mass is 447 g/mol. The number of methoxy groups -OCH3 is 1. The maximum atomic E-state index is 11.0. The molecule has 0 aliphatic heterocycles. The fourth-order valence-corrected chi connectivity index (χ4v) is 3.62. The van der Waals surface area contributed by atoms with Crippen LogP contribution < -0.4 is 10.1 Å². The number of carbonyl (C=O) groups is 1. The van der Waals surface area contributed by atoms with Gasteiger partial charge in [-0.3, -0.25) is 0 Å². The van der Waals surface area contributed by atoms with Crippen LogP contribution in [0.4, 0.5) is 5.69 Å². The predicted octanol–water partition coefficient (Wildman–Crippen LogP) is 5.18. The molecular formula is C15H12Br2ClNO3. The van der Waals surface area contributed by atoms with Crippen molar-refractivity contribution in [2.75, 3.05) is 12.4 Å². The van der Waals surface area contributed by atoms with Crippen molar-refractivity contribution in [3.63, 3.8) is 0 Å². The number of benzene rings is 2. The molecule has 7 heteroatoms. The van der Waals surface area contributed by atoms with Crippen LogP contribution in [0, 0.1) is 0 Å². The molecule has 2 aromatic carbocycles. The van der Waals surface area contributed by atoms with Gasteiger partial charge < -0.3 is 15.2 Å². The van der Waals surface area contributed by atoms with Crippen molar-refractivity contribution in [3.05, 3.63) is 55.4 Å². The highest BCUT2D eigenvalue weighted by molar-refractivity contribution is 9.11. The lowest BCUT2D eigenvalue weighted by atomic mass is 10.1. The van der Waals surface area contributed by atoms with Crippen LogP contribution in [0.2, 0.25) is 5.02 Å². The second-order valence-electron chi connectivity index (χ2n) is 4.43. The Bertz CT molecular complexity index is 722. The normalized spacial score (nSPS) is 10.4. The van der Waals surface area contributed by atoms with Gasteiger partial charge in [-0.1, -0.05) is 27.5 Å². The third kappa shape index (κ3) is 3.94. The van der Waals surface area contributed by atoms with Crippen LogP contribution in [-0.4, -0.2) is 18.2 Å². The van der Waals surface area contributed by atoms with Gasteiger partial charge >= 0.3 is 5.97 Å². The Balaban J connectivity index is 2.27. The topological polar surface area (TPSA) is 58.6 Å². The lowest BCUT2D eigenvalue weighted by Crippen LogP contribution is -2.04. The molecule has 0 saturated carbocycles. The van der Waals surface area contributed by atoms with Gasteiger partial charge in [0.2, 0.25) is 0 Å². The number of rotatable bonds is 5. The Morgan fingerprint density at radius 1 is 1.32 bits per heavy atom. The van der Waals surface area contributed by atoms with Crippen LogP contribution in [0.15, 0.2) is 39.3 Å². The Morgan fingerprint density at radius 3 is 2.68 bits per heavy atom. The molecule has 0 radical (unpaired) electrons. The Labute approximate surface area is 149 Å². The molecule has 0 atom stereocenters. The summed E-state index contributed by atoms with van der Waals surface area (Å²) < 4.78 is 7.11. The van der Waals surface area contributed by atoms with Crippen LogP contribution in [-0.2, 0) is 6.54 Å². The first-order valence-corrected chi connectivity index (χ1v) is 8.17. The van der Waals surface area contributed by atoms with Crippen molar-refractivity contribution in [1.82, 2.24) is 0 Å². The lowest BCUT2D eigenvalue weighted by Gasteiger charge is -2.14. The van der Waals surface area contributed by atoms with E-state index in [2.05, 4.69) is 37.2 Å². The Kier molecular flexibility index (Phi) is 5.72. The van der Waals surface area contributed by atoms with Crippen LogP contribution in [0.5, 0.6) is 5.75 Å². The van der Waals surface area contributed by atoms with E-state index in [1.54, 1.807) is 13.2 Å². The maximum Gasteiger partial charge on any atom is 0.335 e. The van der Waals surface area contributed by atoms with Crippen molar-refractivity contribution >= 4 is 55.1 Å². The molecule has 4 nitrogen and oxygen atoms in total. The summed E-state index contributed by atoms with van der Waals surface area (Å²) in [6.45, 7) is 0.435. The van der Waals surface area contributed by atoms with Gasteiger partial charge in [-0.05, 0) is 46.3 Å². The molecule has 0 bridgehead atoms. The standard InChI is InChI=1S/C15H12Br2ClNO3/c1-22-14-9(4-10(16)6-11(14)17)7-19-13-5-8(15(20)21)2-3-12(13)18/h2-6,19H,7H2,1H3,(H,20,21). The van der Waals surface area contributed by atoms with Crippen molar-refractivity contribution in [3.8, 4) is 5.75 Å². The number of nitrogens with one attached hydrogen (secondary N) is 1. The second-order valence-corrected chi connectivity index (χ2v) is 6.61. The van der Waals surface area contributed by atoms with Gasteiger partial charge in [-0.25, -0.2) is 4.79 Å². The molecule has 116 valence electrons. The van der Waals surface area contributed by atoms with E-state index in [-0.39, 0.29) is 5.56 Å². The molecule has 0 heterocycles. The number of aromatic carboxylic acids is 1. The Morgan fingerprint density at radius 2 is 2.05 bits per heavy atom. The van der Waals surface area contributed by atoms with Gasteiger partial charge in [0.25, 0.3) is 0 Å². The summed E-state index contributed by atoms with van der Waals surface area (Å²) in [4.78, 5) is 11.0. The number of anilines is 1. The first kappa shape index (κ1) is 17.1. The van der Waals surface area contributed by atoms with E-state index in [9.17, 15) is 4.79 Å². The third-order valence-electron chi connectivity index (χ3n) is 2.97. The molecule has 2 N–H and O–H groups in total. The molecule has 0 aliphatic rings. The van der Waals surface area contributed by atoms with Gasteiger partial charge in [-0.2, -0.15) is 0 Å². The molecule has 0 saturated heterocycles. The highest BCUT2D eigenvalue weighted by atomic mass is 79.9. The zero-order valence-corrected chi connectivity index (χ0v) is 15.4. The molecule has 0 spiro atoms. The van der Waals surface area contributed by atoms with E-state index in [4.69, 9.17) is 21.4 Å². The summed E-state index contributed by atoms with van der Waals surface area (Å²) >= 11 is 13.0. The number of carboxylic acids is 1. The van der Waals surface area contributed by atoms with Crippen LogP contribution >= 0.6 is 43.5 Å². The number of hydrogen-bond acceptors (Lipinski definition) is 3. The first-order valence-electron chi connectivity index (χ1n) is 6.21. The summed E-state index contributed by atoms with van der Waals surface area (Å²) in [5.41, 5.74) is 1.63. The average Bonchev–Trinajstić information content (AvgIpc) is 2.45. The highest BCUT2D eigenvalue weighted by Crippen LogP contribution is 2.33. The van der Waals surface area contributed by atoms with Crippen LogP contribution in [0.25, 0.3) is 0 Å². The molecule has 0 amide bonds. The van der Waals surface area contributed by atoms with Crippen molar-refractivity contribution in [1.29, 1.82) is 0 Å². The molecule has 2 rings (SSSR count). The second kappa shape index (κ2) is 7.35. The molecule has 0 aliphatic carbocycles. The summed E-state index contributed by atoms with van der Waals surface area (Å²) in [6.07, 6.45) is 0. The van der Waals surface area contributed by atoms with Crippen molar-refractivity contribution in [2.24, 2.45) is 0 Å². The van der Waals surface area contributed by atoms with Gasteiger partial charge in [0.1, 0.15) is 5.75 Å². The quantitative estimate of drug-likeness (QED) is 0.660. The fraction of sp³-hybridized carbons (Fsp3) is 0.133. The number of halogens is 3. The number of ether oxygens (including phenoxy) is 1. The van der Waals surface area contributed by atoms with E-state index in [1.165, 1.54) is 12.1 Å².